The van der Waals surface area contributed by atoms with Crippen molar-refractivity contribution in [1.82, 2.24) is 5.32 Å². The van der Waals surface area contributed by atoms with Gasteiger partial charge >= 0.3 is 0 Å². The van der Waals surface area contributed by atoms with Crippen molar-refractivity contribution < 1.29 is 13.2 Å². The first kappa shape index (κ1) is 19.6. The second-order valence-corrected chi connectivity index (χ2v) is 8.04. The van der Waals surface area contributed by atoms with Crippen molar-refractivity contribution in [2.75, 3.05) is 0 Å². The summed E-state index contributed by atoms with van der Waals surface area (Å²) in [4.78, 5) is 12.0. The van der Waals surface area contributed by atoms with Crippen LogP contribution in [0.25, 0.3) is 0 Å². The number of aryl methyl sites for hydroxylation is 1. The molecule has 0 saturated heterocycles. The number of hydrogen-bond donors (Lipinski definition) is 2. The number of nitrogens with two attached hydrogens (primary N) is 1. The van der Waals surface area contributed by atoms with Crippen LogP contribution in [0, 0.1) is 5.92 Å². The number of rotatable bonds is 9. The van der Waals surface area contributed by atoms with Gasteiger partial charge in [-0.3, -0.25) is 4.79 Å². The van der Waals surface area contributed by atoms with Crippen LogP contribution in [0.3, 0.4) is 0 Å². The van der Waals surface area contributed by atoms with Crippen LogP contribution >= 0.6 is 0 Å². The Morgan fingerprint density at radius 2 is 1.74 bits per heavy atom. The van der Waals surface area contributed by atoms with Crippen LogP contribution in [0.4, 0.5) is 0 Å². The van der Waals surface area contributed by atoms with Gasteiger partial charge in [0.1, 0.15) is 0 Å². The molecule has 0 aromatic heterocycles. The predicted octanol–water partition coefficient (Wildman–Crippen LogP) is 2.60. The van der Waals surface area contributed by atoms with Crippen LogP contribution in [-0.2, 0) is 21.2 Å². The molecule has 23 heavy (non-hydrogen) atoms. The number of carbonyl (C=O) groups excluding carboxylic acids is 1. The number of nitrogens with one attached hydrogen (secondary N) is 1. The van der Waals surface area contributed by atoms with Crippen LogP contribution in [0.15, 0.2) is 29.2 Å². The van der Waals surface area contributed by atoms with E-state index in [1.165, 1.54) is 18.6 Å². The molecular formula is C17H28N2O3S. The smallest absolute Gasteiger partial charge is 0.238 e. The van der Waals surface area contributed by atoms with Crippen molar-refractivity contribution in [3.63, 3.8) is 0 Å². The highest BCUT2D eigenvalue weighted by atomic mass is 32.2. The Bertz CT molecular complexity index is 595. The minimum Gasteiger partial charge on any atom is -0.354 e. The van der Waals surface area contributed by atoms with Crippen LogP contribution in [-0.4, -0.2) is 20.4 Å². The lowest BCUT2D eigenvalue weighted by Gasteiger charge is -2.14. The Labute approximate surface area is 139 Å². The molecule has 0 radical (unpaired) electrons. The Balaban J connectivity index is 2.35. The van der Waals surface area contributed by atoms with Crippen LogP contribution in [0.5, 0.6) is 0 Å². The Morgan fingerprint density at radius 1 is 1.13 bits per heavy atom. The average Bonchev–Trinajstić information content (AvgIpc) is 2.44. The SMILES string of the molecule is CC(C)CCC[C@@H](C)NC(=O)CCc1ccc(S(N)(=O)=O)cc1. The van der Waals surface area contributed by atoms with E-state index in [4.69, 9.17) is 5.14 Å². The molecule has 1 aromatic rings. The highest BCUT2D eigenvalue weighted by Crippen LogP contribution is 2.11. The van der Waals surface area contributed by atoms with Crippen LogP contribution < -0.4 is 10.5 Å². The third-order valence-electron chi connectivity index (χ3n) is 3.72. The van der Waals surface area contributed by atoms with Crippen molar-refractivity contribution in [3.05, 3.63) is 29.8 Å². The summed E-state index contributed by atoms with van der Waals surface area (Å²) in [7, 11) is -3.66. The number of hydrogen-bond acceptors (Lipinski definition) is 3. The van der Waals surface area contributed by atoms with Gasteiger partial charge in [-0.15, -0.1) is 0 Å². The maximum absolute atomic E-state index is 11.9. The molecule has 130 valence electrons. The molecule has 6 heteroatoms. The largest absolute Gasteiger partial charge is 0.354 e. The molecule has 0 spiro atoms. The maximum atomic E-state index is 11.9. The fourth-order valence-corrected chi connectivity index (χ4v) is 2.87. The van der Waals surface area contributed by atoms with E-state index in [0.29, 0.717) is 18.8 Å². The molecule has 0 aliphatic heterocycles. The lowest BCUT2D eigenvalue weighted by atomic mass is 10.0. The van der Waals surface area contributed by atoms with E-state index < -0.39 is 10.0 Å². The molecule has 0 aliphatic carbocycles. The van der Waals surface area contributed by atoms with Gasteiger partial charge in [0.15, 0.2) is 0 Å². The summed E-state index contributed by atoms with van der Waals surface area (Å²) in [5.41, 5.74) is 0.917. The minimum absolute atomic E-state index is 0.0255. The van der Waals surface area contributed by atoms with Gasteiger partial charge in [-0.1, -0.05) is 38.8 Å². The first-order valence-corrected chi connectivity index (χ1v) is 9.64. The van der Waals surface area contributed by atoms with Gasteiger partial charge in [-0.2, -0.15) is 0 Å². The van der Waals surface area contributed by atoms with Crippen molar-refractivity contribution in [2.24, 2.45) is 11.1 Å². The molecule has 0 fully saturated rings. The van der Waals surface area contributed by atoms with E-state index in [9.17, 15) is 13.2 Å². The van der Waals surface area contributed by atoms with E-state index in [0.717, 1.165) is 18.4 Å². The highest BCUT2D eigenvalue weighted by Gasteiger charge is 2.09. The molecule has 1 rings (SSSR count). The summed E-state index contributed by atoms with van der Waals surface area (Å²) in [6.07, 6.45) is 4.26. The van der Waals surface area contributed by atoms with Gasteiger partial charge in [0.2, 0.25) is 15.9 Å². The van der Waals surface area contributed by atoms with Gasteiger partial charge in [0.25, 0.3) is 0 Å². The van der Waals surface area contributed by atoms with Gasteiger partial charge in [0.05, 0.1) is 4.90 Å². The second kappa shape index (κ2) is 9.03. The lowest BCUT2D eigenvalue weighted by Crippen LogP contribution is -2.32. The summed E-state index contributed by atoms with van der Waals surface area (Å²) in [5, 5.41) is 8.06. The molecule has 1 amide bonds. The number of amides is 1. The van der Waals surface area contributed by atoms with E-state index in [1.807, 2.05) is 6.92 Å². The Morgan fingerprint density at radius 3 is 2.26 bits per heavy atom. The Hall–Kier alpha value is -1.40. The minimum atomic E-state index is -3.66. The molecule has 0 saturated carbocycles. The molecule has 1 aromatic carbocycles. The molecular weight excluding hydrogens is 312 g/mol. The average molecular weight is 340 g/mol. The monoisotopic (exact) mass is 340 g/mol. The summed E-state index contributed by atoms with van der Waals surface area (Å²) < 4.78 is 22.3. The fourth-order valence-electron chi connectivity index (χ4n) is 2.36. The first-order valence-electron chi connectivity index (χ1n) is 8.09. The molecule has 0 bridgehead atoms. The molecule has 3 N–H and O–H groups in total. The first-order chi connectivity index (χ1) is 10.7. The molecule has 5 nitrogen and oxygen atoms in total. The topological polar surface area (TPSA) is 89.3 Å². The standard InChI is InChI=1S/C17H28N2O3S/c1-13(2)5-4-6-14(3)19-17(20)12-9-15-7-10-16(11-8-15)23(18,21)22/h7-8,10-11,13-14H,4-6,9,12H2,1-3H3,(H,19,20)(H2,18,21,22)/t14-/m1/s1. The van der Waals surface area contributed by atoms with Gasteiger partial charge in [-0.05, 0) is 43.4 Å². The van der Waals surface area contributed by atoms with E-state index >= 15 is 0 Å². The third-order valence-corrected chi connectivity index (χ3v) is 4.65. The number of primary sulfonamides is 1. The summed E-state index contributed by atoms with van der Waals surface area (Å²) in [6, 6.07) is 6.51. The molecule has 0 unspecified atom stereocenters. The van der Waals surface area contributed by atoms with Gasteiger partial charge < -0.3 is 5.32 Å². The maximum Gasteiger partial charge on any atom is 0.238 e. The Kier molecular flexibility index (Phi) is 7.72. The zero-order chi connectivity index (χ0) is 17.5. The summed E-state index contributed by atoms with van der Waals surface area (Å²) in [6.45, 7) is 6.42. The quantitative estimate of drug-likeness (QED) is 0.724. The van der Waals surface area contributed by atoms with Crippen molar-refractivity contribution >= 4 is 15.9 Å². The second-order valence-electron chi connectivity index (χ2n) is 6.48. The van der Waals surface area contributed by atoms with Crippen LogP contribution in [0.2, 0.25) is 0 Å². The summed E-state index contributed by atoms with van der Waals surface area (Å²) in [5.74, 6) is 0.718. The number of carbonyl (C=O) groups is 1. The van der Waals surface area contributed by atoms with E-state index in [2.05, 4.69) is 19.2 Å². The van der Waals surface area contributed by atoms with Crippen LogP contribution in [0.1, 0.15) is 52.0 Å². The lowest BCUT2D eigenvalue weighted by molar-refractivity contribution is -0.121. The van der Waals surface area contributed by atoms with Crippen molar-refractivity contribution in [3.8, 4) is 0 Å². The third kappa shape index (κ3) is 8.13. The van der Waals surface area contributed by atoms with Crippen molar-refractivity contribution in [1.29, 1.82) is 0 Å². The number of benzene rings is 1. The fraction of sp³-hybridized carbons (Fsp3) is 0.588. The van der Waals surface area contributed by atoms with E-state index in [-0.39, 0.29) is 16.8 Å². The molecule has 0 aliphatic rings. The normalized spacial score (nSPS) is 13.1. The summed E-state index contributed by atoms with van der Waals surface area (Å²) >= 11 is 0. The van der Waals surface area contributed by atoms with E-state index in [1.54, 1.807) is 12.1 Å². The zero-order valence-corrected chi connectivity index (χ0v) is 15.0. The highest BCUT2D eigenvalue weighted by molar-refractivity contribution is 7.89. The molecule has 1 atom stereocenters. The number of sulfonamides is 1. The van der Waals surface area contributed by atoms with Crippen molar-refractivity contribution in [2.45, 2.75) is 63.8 Å². The van der Waals surface area contributed by atoms with Gasteiger partial charge in [-0.25, -0.2) is 13.6 Å². The molecule has 0 heterocycles. The predicted molar refractivity (Wildman–Crippen MR) is 92.4 cm³/mol. The van der Waals surface area contributed by atoms with Gasteiger partial charge in [0, 0.05) is 12.5 Å². The zero-order valence-electron chi connectivity index (χ0n) is 14.2.